The Morgan fingerprint density at radius 1 is 1.19 bits per heavy atom. The van der Waals surface area contributed by atoms with Crippen molar-refractivity contribution in [2.45, 2.75) is 24.8 Å². The average Bonchev–Trinajstić information content (AvgIpc) is 2.48. The lowest BCUT2D eigenvalue weighted by Gasteiger charge is -2.21. The van der Waals surface area contributed by atoms with E-state index in [4.69, 9.17) is 0 Å². The van der Waals surface area contributed by atoms with Crippen molar-refractivity contribution in [3.63, 3.8) is 0 Å². The van der Waals surface area contributed by atoms with Gasteiger partial charge in [0.15, 0.2) is 0 Å². The highest BCUT2D eigenvalue weighted by Gasteiger charge is 2.24. The van der Waals surface area contributed by atoms with Crippen LogP contribution in [0.2, 0.25) is 0 Å². The third kappa shape index (κ3) is 4.12. The van der Waals surface area contributed by atoms with E-state index in [1.807, 2.05) is 37.3 Å². The summed E-state index contributed by atoms with van der Waals surface area (Å²) in [7, 11) is -3.54. The lowest BCUT2D eigenvalue weighted by Crippen LogP contribution is -2.31. The zero-order valence-corrected chi connectivity index (χ0v) is 14.1. The molecule has 0 atom stereocenters. The molecule has 0 saturated carbocycles. The predicted molar refractivity (Wildman–Crippen MR) is 86.3 cm³/mol. The van der Waals surface area contributed by atoms with E-state index in [-0.39, 0.29) is 4.90 Å². The van der Waals surface area contributed by atoms with Gasteiger partial charge in [0, 0.05) is 30.0 Å². The molecule has 4 nitrogen and oxygen atoms in total. The average molecular weight is 369 g/mol. The standard InChI is InChI=1S/C15H17BrN2O2S/c1-2-8-18(12-13-6-4-3-5-7-13)21(19,20)15-9-14(16)10-17-11-15/h3-7,9-11H,2,8,12H2,1H3. The van der Waals surface area contributed by atoms with Gasteiger partial charge in [-0.25, -0.2) is 8.42 Å². The molecule has 0 bridgehead atoms. The van der Waals surface area contributed by atoms with Crippen molar-refractivity contribution >= 4 is 26.0 Å². The van der Waals surface area contributed by atoms with Crippen molar-refractivity contribution in [3.05, 3.63) is 58.8 Å². The van der Waals surface area contributed by atoms with Crippen LogP contribution in [0.5, 0.6) is 0 Å². The van der Waals surface area contributed by atoms with Crippen LogP contribution < -0.4 is 0 Å². The molecule has 112 valence electrons. The molecule has 2 rings (SSSR count). The summed E-state index contributed by atoms with van der Waals surface area (Å²) in [5.74, 6) is 0. The molecule has 0 aliphatic rings. The molecule has 0 unspecified atom stereocenters. The molecule has 0 radical (unpaired) electrons. The van der Waals surface area contributed by atoms with Gasteiger partial charge in [-0.05, 0) is 34.0 Å². The Morgan fingerprint density at radius 2 is 1.90 bits per heavy atom. The maximum absolute atomic E-state index is 12.7. The molecule has 1 heterocycles. The van der Waals surface area contributed by atoms with Gasteiger partial charge in [0.1, 0.15) is 4.90 Å². The van der Waals surface area contributed by atoms with Crippen LogP contribution in [0.3, 0.4) is 0 Å². The molecule has 1 aromatic heterocycles. The normalized spacial score (nSPS) is 11.8. The van der Waals surface area contributed by atoms with Gasteiger partial charge in [-0.2, -0.15) is 4.31 Å². The van der Waals surface area contributed by atoms with Crippen LogP contribution in [0.1, 0.15) is 18.9 Å². The Kier molecular flexibility index (Phi) is 5.50. The zero-order valence-electron chi connectivity index (χ0n) is 11.7. The van der Waals surface area contributed by atoms with E-state index in [0.717, 1.165) is 12.0 Å². The van der Waals surface area contributed by atoms with Crippen molar-refractivity contribution in [3.8, 4) is 0 Å². The first-order chi connectivity index (χ1) is 10.0. The summed E-state index contributed by atoms with van der Waals surface area (Å²) in [5.41, 5.74) is 0.970. The number of benzene rings is 1. The van der Waals surface area contributed by atoms with Crippen LogP contribution >= 0.6 is 15.9 Å². The Morgan fingerprint density at radius 3 is 2.52 bits per heavy atom. The fourth-order valence-corrected chi connectivity index (χ4v) is 4.03. The number of pyridine rings is 1. The van der Waals surface area contributed by atoms with Crippen LogP contribution in [0, 0.1) is 0 Å². The first-order valence-electron chi connectivity index (χ1n) is 6.68. The summed E-state index contributed by atoms with van der Waals surface area (Å²) in [6.07, 6.45) is 3.71. The fourth-order valence-electron chi connectivity index (χ4n) is 2.00. The van der Waals surface area contributed by atoms with Crippen molar-refractivity contribution in [1.82, 2.24) is 9.29 Å². The lowest BCUT2D eigenvalue weighted by atomic mass is 10.2. The Bertz CT molecular complexity index is 690. The maximum Gasteiger partial charge on any atom is 0.244 e. The van der Waals surface area contributed by atoms with E-state index in [0.29, 0.717) is 17.6 Å². The van der Waals surface area contributed by atoms with Gasteiger partial charge in [-0.3, -0.25) is 4.98 Å². The van der Waals surface area contributed by atoms with E-state index in [2.05, 4.69) is 20.9 Å². The molecule has 2 aromatic rings. The lowest BCUT2D eigenvalue weighted by molar-refractivity contribution is 0.405. The first-order valence-corrected chi connectivity index (χ1v) is 8.92. The maximum atomic E-state index is 12.7. The summed E-state index contributed by atoms with van der Waals surface area (Å²) >= 11 is 3.26. The predicted octanol–water partition coefficient (Wildman–Crippen LogP) is 3.45. The number of hydrogen-bond acceptors (Lipinski definition) is 3. The van der Waals surface area contributed by atoms with Gasteiger partial charge in [0.2, 0.25) is 10.0 Å². The highest BCUT2D eigenvalue weighted by Crippen LogP contribution is 2.20. The molecule has 1 aromatic carbocycles. The molecule has 0 aliphatic heterocycles. The van der Waals surface area contributed by atoms with Gasteiger partial charge in [-0.15, -0.1) is 0 Å². The second kappa shape index (κ2) is 7.15. The number of nitrogens with zero attached hydrogens (tertiary/aromatic N) is 2. The molecule has 21 heavy (non-hydrogen) atoms. The zero-order chi connectivity index (χ0) is 15.3. The number of hydrogen-bond donors (Lipinski definition) is 0. The molecule has 0 fully saturated rings. The number of rotatable bonds is 6. The van der Waals surface area contributed by atoms with Gasteiger partial charge in [0.05, 0.1) is 0 Å². The molecule has 0 spiro atoms. The molecule has 0 N–H and O–H groups in total. The second-order valence-electron chi connectivity index (χ2n) is 4.66. The van der Waals surface area contributed by atoms with Crippen molar-refractivity contribution in [2.75, 3.05) is 6.54 Å². The van der Waals surface area contributed by atoms with E-state index in [9.17, 15) is 8.42 Å². The van der Waals surface area contributed by atoms with E-state index >= 15 is 0 Å². The summed E-state index contributed by atoms with van der Waals surface area (Å²) in [4.78, 5) is 4.16. The van der Waals surface area contributed by atoms with Gasteiger partial charge >= 0.3 is 0 Å². The molecular weight excluding hydrogens is 352 g/mol. The van der Waals surface area contributed by atoms with Gasteiger partial charge in [0.25, 0.3) is 0 Å². The Balaban J connectivity index is 2.32. The molecule has 0 saturated heterocycles. The van der Waals surface area contributed by atoms with Crippen molar-refractivity contribution in [2.24, 2.45) is 0 Å². The Labute approximate surface area is 134 Å². The van der Waals surface area contributed by atoms with Gasteiger partial charge in [-0.1, -0.05) is 37.3 Å². The molecular formula is C15H17BrN2O2S. The van der Waals surface area contributed by atoms with Crippen LogP contribution in [-0.4, -0.2) is 24.3 Å². The van der Waals surface area contributed by atoms with Crippen LogP contribution in [0.4, 0.5) is 0 Å². The van der Waals surface area contributed by atoms with Crippen molar-refractivity contribution in [1.29, 1.82) is 0 Å². The third-order valence-electron chi connectivity index (χ3n) is 2.99. The van der Waals surface area contributed by atoms with Crippen LogP contribution in [0.15, 0.2) is 58.2 Å². The first kappa shape index (κ1) is 16.1. The summed E-state index contributed by atoms with van der Waals surface area (Å²) in [6.45, 7) is 2.81. The number of sulfonamides is 1. The van der Waals surface area contributed by atoms with Crippen molar-refractivity contribution < 1.29 is 8.42 Å². The smallest absolute Gasteiger partial charge is 0.244 e. The number of halogens is 1. The van der Waals surface area contributed by atoms with E-state index in [1.54, 1.807) is 12.3 Å². The summed E-state index contributed by atoms with van der Waals surface area (Å²) < 4.78 is 27.6. The molecule has 0 aliphatic carbocycles. The van der Waals surface area contributed by atoms with E-state index < -0.39 is 10.0 Å². The van der Waals surface area contributed by atoms with E-state index in [1.165, 1.54) is 10.5 Å². The third-order valence-corrected chi connectivity index (χ3v) is 5.24. The highest BCUT2D eigenvalue weighted by molar-refractivity contribution is 9.10. The highest BCUT2D eigenvalue weighted by atomic mass is 79.9. The minimum Gasteiger partial charge on any atom is -0.262 e. The number of aromatic nitrogens is 1. The molecule has 0 amide bonds. The SMILES string of the molecule is CCCN(Cc1ccccc1)S(=O)(=O)c1cncc(Br)c1. The fraction of sp³-hybridized carbons (Fsp3) is 0.267. The van der Waals surface area contributed by atoms with Crippen LogP contribution in [-0.2, 0) is 16.6 Å². The topological polar surface area (TPSA) is 50.3 Å². The van der Waals surface area contributed by atoms with Gasteiger partial charge < -0.3 is 0 Å². The second-order valence-corrected chi connectivity index (χ2v) is 7.52. The monoisotopic (exact) mass is 368 g/mol. The van der Waals surface area contributed by atoms with Crippen LogP contribution in [0.25, 0.3) is 0 Å². The largest absolute Gasteiger partial charge is 0.262 e. The minimum atomic E-state index is -3.54. The quantitative estimate of drug-likeness (QED) is 0.784. The molecule has 6 heteroatoms. The Hall–Kier alpha value is -1.24. The summed E-state index contributed by atoms with van der Waals surface area (Å²) in [6, 6.07) is 11.2. The minimum absolute atomic E-state index is 0.209. The summed E-state index contributed by atoms with van der Waals surface area (Å²) in [5, 5.41) is 0.